The molecule has 1 N–H and O–H groups in total. The molecule has 0 unspecified atom stereocenters. The minimum absolute atomic E-state index is 0.143. The molecule has 1 aromatic carbocycles. The van der Waals surface area contributed by atoms with E-state index in [2.05, 4.69) is 21.2 Å². The molecular weight excluding hydrogens is 344 g/mol. The highest BCUT2D eigenvalue weighted by Crippen LogP contribution is 2.23. The summed E-state index contributed by atoms with van der Waals surface area (Å²) in [5, 5.41) is 3.27. The molecule has 0 saturated carbocycles. The monoisotopic (exact) mass is 360 g/mol. The largest absolute Gasteiger partial charge is 0.336 e. The molecule has 1 fully saturated rings. The van der Waals surface area contributed by atoms with Gasteiger partial charge < -0.3 is 10.2 Å². The summed E-state index contributed by atoms with van der Waals surface area (Å²) < 4.78 is 23.8. The molecule has 1 amide bonds. The average molecular weight is 361 g/mol. The van der Waals surface area contributed by atoms with Crippen LogP contribution in [0.1, 0.15) is 17.3 Å². The Kier molecular flexibility index (Phi) is 4.51. The predicted molar refractivity (Wildman–Crippen MR) is 80.6 cm³/mol. The van der Waals surface area contributed by atoms with Crippen LogP contribution in [-0.2, 0) is 9.84 Å². The van der Waals surface area contributed by atoms with Crippen molar-refractivity contribution in [3.05, 3.63) is 28.2 Å². The molecule has 0 spiro atoms. The van der Waals surface area contributed by atoms with E-state index in [1.807, 2.05) is 6.92 Å². The van der Waals surface area contributed by atoms with Crippen molar-refractivity contribution in [3.8, 4) is 0 Å². The van der Waals surface area contributed by atoms with Crippen LogP contribution in [0.4, 0.5) is 0 Å². The molecule has 110 valence electrons. The number of hydrogen-bond donors (Lipinski definition) is 1. The maximum atomic E-state index is 12.5. The number of amides is 1. The predicted octanol–water partition coefficient (Wildman–Crippen LogP) is 1.29. The van der Waals surface area contributed by atoms with Crippen molar-refractivity contribution in [2.45, 2.75) is 17.9 Å². The fourth-order valence-electron chi connectivity index (χ4n) is 2.19. The zero-order valence-corrected chi connectivity index (χ0v) is 13.8. The van der Waals surface area contributed by atoms with Gasteiger partial charge >= 0.3 is 0 Å². The van der Waals surface area contributed by atoms with Gasteiger partial charge in [0.15, 0.2) is 9.84 Å². The number of carbonyl (C=O) groups is 1. The quantitative estimate of drug-likeness (QED) is 0.862. The first-order chi connectivity index (χ1) is 9.29. The molecule has 2 rings (SSSR count). The Morgan fingerprint density at radius 1 is 1.45 bits per heavy atom. The van der Waals surface area contributed by atoms with Crippen LogP contribution < -0.4 is 5.32 Å². The van der Waals surface area contributed by atoms with Crippen LogP contribution in [-0.4, -0.2) is 51.2 Å². The van der Waals surface area contributed by atoms with E-state index in [0.29, 0.717) is 23.1 Å². The smallest absolute Gasteiger partial charge is 0.255 e. The summed E-state index contributed by atoms with van der Waals surface area (Å²) in [5.74, 6) is -0.143. The van der Waals surface area contributed by atoms with Crippen LogP contribution in [0.3, 0.4) is 0 Å². The van der Waals surface area contributed by atoms with Crippen molar-refractivity contribution >= 4 is 31.7 Å². The van der Waals surface area contributed by atoms with E-state index in [9.17, 15) is 13.2 Å². The number of rotatable bonds is 2. The topological polar surface area (TPSA) is 66.5 Å². The van der Waals surface area contributed by atoms with Gasteiger partial charge in [-0.15, -0.1) is 0 Å². The summed E-state index contributed by atoms with van der Waals surface area (Å²) in [5.41, 5.74) is 0.391. The number of benzene rings is 1. The number of nitrogens with zero attached hydrogens (tertiary/aromatic N) is 1. The average Bonchev–Trinajstić information content (AvgIpc) is 2.37. The summed E-state index contributed by atoms with van der Waals surface area (Å²) >= 11 is 3.32. The zero-order chi connectivity index (χ0) is 14.9. The first-order valence-electron chi connectivity index (χ1n) is 6.31. The third-order valence-electron chi connectivity index (χ3n) is 3.25. The number of sulfone groups is 1. The second kappa shape index (κ2) is 5.83. The van der Waals surface area contributed by atoms with Crippen molar-refractivity contribution in [3.63, 3.8) is 0 Å². The SMILES string of the molecule is C[C@H]1CN(C(=O)c2cc(S(C)(=O)=O)ccc2Br)CCN1. The molecule has 1 atom stereocenters. The van der Waals surface area contributed by atoms with Gasteiger partial charge in [-0.2, -0.15) is 0 Å². The molecule has 0 aromatic heterocycles. The van der Waals surface area contributed by atoms with Gasteiger partial charge in [0.2, 0.25) is 0 Å². The summed E-state index contributed by atoms with van der Waals surface area (Å²) in [6, 6.07) is 4.78. The van der Waals surface area contributed by atoms with E-state index in [1.165, 1.54) is 12.1 Å². The number of carbonyl (C=O) groups excluding carboxylic acids is 1. The molecule has 1 saturated heterocycles. The zero-order valence-electron chi connectivity index (χ0n) is 11.4. The summed E-state index contributed by atoms with van der Waals surface area (Å²) in [6.07, 6.45) is 1.14. The van der Waals surface area contributed by atoms with E-state index in [4.69, 9.17) is 0 Å². The van der Waals surface area contributed by atoms with Gasteiger partial charge in [0, 0.05) is 36.4 Å². The van der Waals surface area contributed by atoms with Crippen molar-refractivity contribution in [1.82, 2.24) is 10.2 Å². The van der Waals surface area contributed by atoms with Crippen LogP contribution in [0, 0.1) is 0 Å². The highest BCUT2D eigenvalue weighted by Gasteiger charge is 2.24. The third-order valence-corrected chi connectivity index (χ3v) is 5.05. The Balaban J connectivity index is 2.34. The normalized spacial score (nSPS) is 19.9. The van der Waals surface area contributed by atoms with E-state index < -0.39 is 9.84 Å². The second-order valence-corrected chi connectivity index (χ2v) is 7.89. The Labute approximate surface area is 127 Å². The van der Waals surface area contributed by atoms with Gasteiger partial charge in [-0.1, -0.05) is 0 Å². The van der Waals surface area contributed by atoms with E-state index in [-0.39, 0.29) is 16.8 Å². The summed E-state index contributed by atoms with van der Waals surface area (Å²) in [4.78, 5) is 14.4. The Hall–Kier alpha value is -0.920. The van der Waals surface area contributed by atoms with Crippen molar-refractivity contribution < 1.29 is 13.2 Å². The fraction of sp³-hybridized carbons (Fsp3) is 0.462. The summed E-state index contributed by atoms with van der Waals surface area (Å²) in [7, 11) is -3.32. The van der Waals surface area contributed by atoms with Crippen LogP contribution in [0.5, 0.6) is 0 Å². The first-order valence-corrected chi connectivity index (χ1v) is 9.00. The number of piperazine rings is 1. The standard InChI is InChI=1S/C13H17BrN2O3S/c1-9-8-16(6-5-15-9)13(17)11-7-10(20(2,18)19)3-4-12(11)14/h3-4,7,9,15H,5-6,8H2,1-2H3/t9-/m0/s1. The van der Waals surface area contributed by atoms with Crippen LogP contribution >= 0.6 is 15.9 Å². The molecule has 1 heterocycles. The number of halogens is 1. The number of hydrogen-bond acceptors (Lipinski definition) is 4. The van der Waals surface area contributed by atoms with Crippen LogP contribution in [0.15, 0.2) is 27.6 Å². The first kappa shape index (κ1) is 15.5. The molecule has 1 aliphatic rings. The highest BCUT2D eigenvalue weighted by molar-refractivity contribution is 9.10. The maximum absolute atomic E-state index is 12.5. The lowest BCUT2D eigenvalue weighted by atomic mass is 10.1. The molecule has 0 aliphatic carbocycles. The molecule has 7 heteroatoms. The minimum Gasteiger partial charge on any atom is -0.336 e. The molecule has 0 bridgehead atoms. The highest BCUT2D eigenvalue weighted by atomic mass is 79.9. The Morgan fingerprint density at radius 3 is 2.75 bits per heavy atom. The Bertz CT molecular complexity index is 631. The molecule has 5 nitrogen and oxygen atoms in total. The van der Waals surface area contributed by atoms with E-state index in [1.54, 1.807) is 11.0 Å². The maximum Gasteiger partial charge on any atom is 0.255 e. The lowest BCUT2D eigenvalue weighted by molar-refractivity contribution is 0.0708. The van der Waals surface area contributed by atoms with Gasteiger partial charge in [-0.25, -0.2) is 8.42 Å². The second-order valence-electron chi connectivity index (χ2n) is 5.02. The van der Waals surface area contributed by atoms with Gasteiger partial charge in [0.1, 0.15) is 0 Å². The van der Waals surface area contributed by atoms with Gasteiger partial charge in [-0.3, -0.25) is 4.79 Å². The van der Waals surface area contributed by atoms with Crippen molar-refractivity contribution in [2.24, 2.45) is 0 Å². The fourth-order valence-corrected chi connectivity index (χ4v) is 3.25. The molecule has 0 radical (unpaired) electrons. The Morgan fingerprint density at radius 2 is 2.15 bits per heavy atom. The van der Waals surface area contributed by atoms with Crippen LogP contribution in [0.25, 0.3) is 0 Å². The van der Waals surface area contributed by atoms with E-state index in [0.717, 1.165) is 12.8 Å². The van der Waals surface area contributed by atoms with Gasteiger partial charge in [0.25, 0.3) is 5.91 Å². The van der Waals surface area contributed by atoms with Crippen LogP contribution in [0.2, 0.25) is 0 Å². The minimum atomic E-state index is -3.32. The lowest BCUT2D eigenvalue weighted by Gasteiger charge is -2.32. The summed E-state index contributed by atoms with van der Waals surface area (Å²) in [6.45, 7) is 4.00. The molecule has 1 aliphatic heterocycles. The molecule has 1 aromatic rings. The lowest BCUT2D eigenvalue weighted by Crippen LogP contribution is -2.51. The van der Waals surface area contributed by atoms with Gasteiger partial charge in [-0.05, 0) is 41.1 Å². The third kappa shape index (κ3) is 3.39. The van der Waals surface area contributed by atoms with E-state index >= 15 is 0 Å². The molecular formula is C13H17BrN2O3S. The number of nitrogens with one attached hydrogen (secondary N) is 1. The van der Waals surface area contributed by atoms with Crippen molar-refractivity contribution in [1.29, 1.82) is 0 Å². The van der Waals surface area contributed by atoms with Crippen molar-refractivity contribution in [2.75, 3.05) is 25.9 Å². The van der Waals surface area contributed by atoms with Gasteiger partial charge in [0.05, 0.1) is 10.5 Å². The molecule has 20 heavy (non-hydrogen) atoms.